The summed E-state index contributed by atoms with van der Waals surface area (Å²) in [5.74, 6) is -1.17. The summed E-state index contributed by atoms with van der Waals surface area (Å²) in [7, 11) is 1.39. The Kier molecular flexibility index (Phi) is 1.75. The van der Waals surface area contributed by atoms with Crippen molar-refractivity contribution < 1.29 is 19.4 Å². The number of hydrogen-bond donors (Lipinski definition) is 2. The van der Waals surface area contributed by atoms with Crippen molar-refractivity contribution in [2.45, 2.75) is 18.5 Å². The number of ether oxygens (including phenoxy) is 1. The highest BCUT2D eigenvalue weighted by Gasteiger charge is 2.54. The summed E-state index contributed by atoms with van der Waals surface area (Å²) in [5.41, 5.74) is 5.45. The number of amides is 1. The van der Waals surface area contributed by atoms with Crippen molar-refractivity contribution >= 4 is 11.9 Å². The number of carbonyl (C=O) groups is 2. The molecule has 0 spiro atoms. The number of hydrogen-bond acceptors (Lipinski definition) is 4. The molecule has 6 heteroatoms. The van der Waals surface area contributed by atoms with Gasteiger partial charge in [0.25, 0.3) is 0 Å². The van der Waals surface area contributed by atoms with E-state index in [-0.39, 0.29) is 17.6 Å². The van der Waals surface area contributed by atoms with Crippen molar-refractivity contribution in [3.63, 3.8) is 0 Å². The number of nitrogens with two attached hydrogens (primary N) is 1. The van der Waals surface area contributed by atoms with Crippen molar-refractivity contribution in [2.75, 3.05) is 7.11 Å². The molecule has 2 unspecified atom stereocenters. The minimum atomic E-state index is -1.15. The van der Waals surface area contributed by atoms with Gasteiger partial charge in [-0.05, 0) is 0 Å². The zero-order chi connectivity index (χ0) is 10.5. The maximum absolute atomic E-state index is 11.3. The Morgan fingerprint density at radius 2 is 2.36 bits per heavy atom. The first-order chi connectivity index (χ1) is 6.57. The zero-order valence-electron chi connectivity index (χ0n) is 7.56. The molecule has 76 valence electrons. The normalized spacial score (nSPS) is 30.1. The minimum Gasteiger partial charge on any atom is -0.499 e. The lowest BCUT2D eigenvalue weighted by molar-refractivity contribution is -0.149. The molecule has 2 atom stereocenters. The molecule has 2 aliphatic heterocycles. The summed E-state index contributed by atoms with van der Waals surface area (Å²) >= 11 is 0. The van der Waals surface area contributed by atoms with Crippen LogP contribution in [-0.4, -0.2) is 41.1 Å². The molecule has 14 heavy (non-hydrogen) atoms. The third-order valence-corrected chi connectivity index (χ3v) is 2.62. The largest absolute Gasteiger partial charge is 0.499 e. The van der Waals surface area contributed by atoms with Crippen LogP contribution >= 0.6 is 0 Å². The molecule has 2 aliphatic rings. The maximum atomic E-state index is 11.3. The predicted octanol–water partition coefficient (Wildman–Crippen LogP) is -1.13. The van der Waals surface area contributed by atoms with E-state index in [0.29, 0.717) is 12.2 Å². The minimum absolute atomic E-state index is 0.0656. The molecule has 0 aromatic heterocycles. The lowest BCUT2D eigenvalue weighted by Crippen LogP contribution is -2.66. The molecule has 6 nitrogen and oxygen atoms in total. The van der Waals surface area contributed by atoms with Gasteiger partial charge in [0.2, 0.25) is 5.91 Å². The highest BCUT2D eigenvalue weighted by Crippen LogP contribution is 2.37. The Morgan fingerprint density at radius 3 is 2.86 bits per heavy atom. The molecular weight excluding hydrogens is 188 g/mol. The van der Waals surface area contributed by atoms with Crippen LogP contribution in [-0.2, 0) is 14.3 Å². The van der Waals surface area contributed by atoms with E-state index < -0.39 is 12.0 Å². The van der Waals surface area contributed by atoms with E-state index in [0.717, 1.165) is 0 Å². The van der Waals surface area contributed by atoms with Crippen LogP contribution in [0.25, 0.3) is 0 Å². The highest BCUT2D eigenvalue weighted by atomic mass is 16.5. The van der Waals surface area contributed by atoms with Crippen LogP contribution in [0.4, 0.5) is 0 Å². The van der Waals surface area contributed by atoms with Crippen molar-refractivity contribution in [2.24, 2.45) is 5.73 Å². The molecule has 3 N–H and O–H groups in total. The molecule has 0 bridgehead atoms. The van der Waals surface area contributed by atoms with Crippen LogP contribution in [0.2, 0.25) is 0 Å². The molecule has 0 aromatic rings. The van der Waals surface area contributed by atoms with Crippen LogP contribution in [0.5, 0.6) is 0 Å². The smallest absolute Gasteiger partial charge is 0.356 e. The van der Waals surface area contributed by atoms with Gasteiger partial charge in [0.1, 0.15) is 11.8 Å². The fraction of sp³-hybridized carbons (Fsp3) is 0.500. The lowest BCUT2D eigenvalue weighted by atomic mass is 9.96. The lowest BCUT2D eigenvalue weighted by Gasteiger charge is -2.40. The summed E-state index contributed by atoms with van der Waals surface area (Å²) in [5, 5.41) is 8.87. The van der Waals surface area contributed by atoms with E-state index in [2.05, 4.69) is 0 Å². The molecule has 2 rings (SSSR count). The van der Waals surface area contributed by atoms with Gasteiger partial charge in [-0.25, -0.2) is 4.79 Å². The Bertz CT molecular complexity index is 349. The third kappa shape index (κ3) is 0.884. The summed E-state index contributed by atoms with van der Waals surface area (Å²) in [6.45, 7) is 0. The molecular formula is C8H10N2O4. The second kappa shape index (κ2) is 2.71. The Labute approximate surface area is 79.9 Å². The third-order valence-electron chi connectivity index (χ3n) is 2.62. The second-order valence-corrected chi connectivity index (χ2v) is 3.29. The zero-order valence-corrected chi connectivity index (χ0v) is 7.56. The van der Waals surface area contributed by atoms with E-state index in [4.69, 9.17) is 15.6 Å². The number of carboxylic acids is 1. The summed E-state index contributed by atoms with van der Waals surface area (Å²) in [6.07, 6.45) is 0.394. The molecule has 0 aromatic carbocycles. The number of rotatable bonds is 2. The van der Waals surface area contributed by atoms with Crippen molar-refractivity contribution in [1.29, 1.82) is 0 Å². The van der Waals surface area contributed by atoms with Crippen LogP contribution < -0.4 is 5.73 Å². The topological polar surface area (TPSA) is 92.9 Å². The molecule has 1 saturated heterocycles. The SMILES string of the molecule is COC1=C(C(=O)O)N2C(=O)C(N)C2C1. The van der Waals surface area contributed by atoms with Gasteiger partial charge in [-0.2, -0.15) is 0 Å². The quantitative estimate of drug-likeness (QED) is 0.548. The number of β-lactam (4-membered cyclic amide) rings is 1. The molecule has 1 fully saturated rings. The fourth-order valence-corrected chi connectivity index (χ4v) is 1.88. The van der Waals surface area contributed by atoms with E-state index in [1.165, 1.54) is 12.0 Å². The number of fused-ring (bicyclic) bond motifs is 1. The number of methoxy groups -OCH3 is 1. The van der Waals surface area contributed by atoms with Gasteiger partial charge in [0, 0.05) is 6.42 Å². The Hall–Kier alpha value is -1.56. The van der Waals surface area contributed by atoms with E-state index in [1.54, 1.807) is 0 Å². The fourth-order valence-electron chi connectivity index (χ4n) is 1.88. The molecule has 0 aliphatic carbocycles. The maximum Gasteiger partial charge on any atom is 0.356 e. The first-order valence-corrected chi connectivity index (χ1v) is 4.17. The predicted molar refractivity (Wildman–Crippen MR) is 44.9 cm³/mol. The second-order valence-electron chi connectivity index (χ2n) is 3.29. The number of carboxylic acid groups (broad SMARTS) is 1. The van der Waals surface area contributed by atoms with Crippen molar-refractivity contribution in [1.82, 2.24) is 4.90 Å². The molecule has 2 heterocycles. The van der Waals surface area contributed by atoms with Crippen LogP contribution in [0.15, 0.2) is 11.5 Å². The van der Waals surface area contributed by atoms with E-state index in [9.17, 15) is 9.59 Å². The molecule has 0 saturated carbocycles. The van der Waals surface area contributed by atoms with Gasteiger partial charge in [-0.3, -0.25) is 9.69 Å². The number of carbonyl (C=O) groups excluding carboxylic acids is 1. The molecule has 1 amide bonds. The van der Waals surface area contributed by atoms with Crippen molar-refractivity contribution in [3.8, 4) is 0 Å². The van der Waals surface area contributed by atoms with Crippen molar-refractivity contribution in [3.05, 3.63) is 11.5 Å². The summed E-state index contributed by atoms with van der Waals surface area (Å²) in [6, 6.07) is -0.819. The first-order valence-electron chi connectivity index (χ1n) is 4.17. The highest BCUT2D eigenvalue weighted by molar-refractivity contribution is 6.00. The number of aliphatic carboxylic acids is 1. The average Bonchev–Trinajstić information content (AvgIpc) is 2.52. The number of nitrogens with zero attached hydrogens (tertiary/aromatic N) is 1. The van der Waals surface area contributed by atoms with Crippen LogP contribution in [0, 0.1) is 0 Å². The van der Waals surface area contributed by atoms with E-state index >= 15 is 0 Å². The van der Waals surface area contributed by atoms with E-state index in [1.807, 2.05) is 0 Å². The Balaban J connectivity index is 2.34. The van der Waals surface area contributed by atoms with Gasteiger partial charge >= 0.3 is 5.97 Å². The van der Waals surface area contributed by atoms with Gasteiger partial charge in [-0.15, -0.1) is 0 Å². The van der Waals surface area contributed by atoms with Crippen LogP contribution in [0.1, 0.15) is 6.42 Å². The summed E-state index contributed by atoms with van der Waals surface area (Å²) in [4.78, 5) is 23.3. The Morgan fingerprint density at radius 1 is 1.71 bits per heavy atom. The standard InChI is InChI=1S/C8H10N2O4/c1-14-4-2-3-5(9)7(11)10(3)6(4)8(12)13/h3,5H,2,9H2,1H3,(H,12,13). The first kappa shape index (κ1) is 9.01. The van der Waals surface area contributed by atoms with Gasteiger partial charge in [0.05, 0.1) is 13.2 Å². The van der Waals surface area contributed by atoms with Gasteiger partial charge in [-0.1, -0.05) is 0 Å². The van der Waals surface area contributed by atoms with Crippen LogP contribution in [0.3, 0.4) is 0 Å². The molecule has 0 radical (unpaired) electrons. The van der Waals surface area contributed by atoms with Gasteiger partial charge in [0.15, 0.2) is 5.70 Å². The summed E-state index contributed by atoms with van der Waals surface area (Å²) < 4.78 is 4.91. The monoisotopic (exact) mass is 198 g/mol. The average molecular weight is 198 g/mol. The van der Waals surface area contributed by atoms with Gasteiger partial charge < -0.3 is 15.6 Å².